The second-order valence-electron chi connectivity index (χ2n) is 7.11. The van der Waals surface area contributed by atoms with Crippen LogP contribution in [0.1, 0.15) is 12.5 Å². The van der Waals surface area contributed by atoms with Crippen molar-refractivity contribution in [1.29, 1.82) is 0 Å². The number of carbonyl (C=O) groups is 1. The molecule has 8 heteroatoms. The predicted octanol–water partition coefficient (Wildman–Crippen LogP) is 6.90. The highest BCUT2D eigenvalue weighted by atomic mass is 35.5. The Bertz CT molecular complexity index is 1250. The molecular formula is C23H18Cl3N3O2. The fourth-order valence-corrected chi connectivity index (χ4v) is 3.69. The summed E-state index contributed by atoms with van der Waals surface area (Å²) >= 11 is 18.2. The molecule has 1 amide bonds. The topological polar surface area (TPSA) is 67.0 Å². The lowest BCUT2D eigenvalue weighted by atomic mass is 10.2. The van der Waals surface area contributed by atoms with Crippen molar-refractivity contribution in [3.63, 3.8) is 0 Å². The molecule has 4 aromatic rings. The molecule has 0 aliphatic carbocycles. The van der Waals surface area contributed by atoms with E-state index in [4.69, 9.17) is 39.5 Å². The lowest BCUT2D eigenvalue weighted by Crippen LogP contribution is -2.30. The van der Waals surface area contributed by atoms with Crippen molar-refractivity contribution in [3.05, 3.63) is 75.2 Å². The minimum atomic E-state index is -0.765. The van der Waals surface area contributed by atoms with Crippen molar-refractivity contribution in [2.45, 2.75) is 20.0 Å². The van der Waals surface area contributed by atoms with Gasteiger partial charge in [0.15, 0.2) is 6.10 Å². The van der Waals surface area contributed by atoms with E-state index in [-0.39, 0.29) is 5.91 Å². The molecule has 31 heavy (non-hydrogen) atoms. The normalized spacial score (nSPS) is 12.0. The Balaban J connectivity index is 1.51. The minimum absolute atomic E-state index is 0.310. The number of rotatable bonds is 5. The average molecular weight is 475 g/mol. The number of fused-ring (bicyclic) bond motifs is 1. The third-order valence-electron chi connectivity index (χ3n) is 4.73. The van der Waals surface area contributed by atoms with Crippen LogP contribution >= 0.6 is 34.8 Å². The largest absolute Gasteiger partial charge is 0.479 e. The van der Waals surface area contributed by atoms with Gasteiger partial charge in [0.25, 0.3) is 5.91 Å². The number of imidazole rings is 1. The summed E-state index contributed by atoms with van der Waals surface area (Å²) in [6.45, 7) is 3.59. The number of hydrogen-bond acceptors (Lipinski definition) is 3. The second-order valence-corrected chi connectivity index (χ2v) is 8.36. The van der Waals surface area contributed by atoms with Crippen LogP contribution < -0.4 is 10.1 Å². The van der Waals surface area contributed by atoms with Crippen molar-refractivity contribution in [3.8, 4) is 17.1 Å². The number of nitrogens with one attached hydrogen (secondary N) is 2. The van der Waals surface area contributed by atoms with Crippen molar-refractivity contribution >= 4 is 57.4 Å². The number of anilines is 1. The molecule has 0 bridgehead atoms. The van der Waals surface area contributed by atoms with Crippen LogP contribution in [-0.2, 0) is 4.79 Å². The minimum Gasteiger partial charge on any atom is -0.479 e. The Morgan fingerprint density at radius 3 is 2.65 bits per heavy atom. The number of nitrogens with zero attached hydrogens (tertiary/aromatic N) is 1. The van der Waals surface area contributed by atoms with E-state index >= 15 is 0 Å². The highest BCUT2D eigenvalue weighted by Gasteiger charge is 2.17. The number of aryl methyl sites for hydroxylation is 1. The van der Waals surface area contributed by atoms with Crippen molar-refractivity contribution in [1.82, 2.24) is 9.97 Å². The number of ether oxygens (including phenoxy) is 1. The third-order valence-corrected chi connectivity index (χ3v) is 5.67. The Labute approximate surface area is 194 Å². The lowest BCUT2D eigenvalue weighted by Gasteiger charge is -2.16. The van der Waals surface area contributed by atoms with Gasteiger partial charge in [-0.05, 0) is 61.9 Å². The summed E-state index contributed by atoms with van der Waals surface area (Å²) in [6, 6.07) is 16.0. The van der Waals surface area contributed by atoms with Crippen LogP contribution in [0.2, 0.25) is 15.1 Å². The van der Waals surface area contributed by atoms with E-state index in [9.17, 15) is 4.79 Å². The molecule has 1 aromatic heterocycles. The Morgan fingerprint density at radius 1 is 1.06 bits per heavy atom. The number of aromatic amines is 1. The van der Waals surface area contributed by atoms with Crippen LogP contribution in [-0.4, -0.2) is 22.0 Å². The van der Waals surface area contributed by atoms with E-state index < -0.39 is 6.10 Å². The van der Waals surface area contributed by atoms with E-state index in [1.54, 1.807) is 31.2 Å². The van der Waals surface area contributed by atoms with Gasteiger partial charge in [-0.1, -0.05) is 46.9 Å². The highest BCUT2D eigenvalue weighted by molar-refractivity contribution is 6.35. The average Bonchev–Trinajstić information content (AvgIpc) is 3.13. The zero-order chi connectivity index (χ0) is 22.1. The molecule has 1 atom stereocenters. The van der Waals surface area contributed by atoms with Crippen molar-refractivity contribution in [2.24, 2.45) is 0 Å². The van der Waals surface area contributed by atoms with Gasteiger partial charge < -0.3 is 15.0 Å². The summed E-state index contributed by atoms with van der Waals surface area (Å²) in [7, 11) is 0. The van der Waals surface area contributed by atoms with Crippen LogP contribution in [0.15, 0.2) is 54.6 Å². The number of aromatic nitrogens is 2. The Morgan fingerprint density at radius 2 is 1.87 bits per heavy atom. The molecule has 5 nitrogen and oxygen atoms in total. The molecular weight excluding hydrogens is 457 g/mol. The van der Waals surface area contributed by atoms with E-state index in [0.29, 0.717) is 32.3 Å². The maximum atomic E-state index is 12.6. The van der Waals surface area contributed by atoms with Crippen LogP contribution in [0.4, 0.5) is 5.69 Å². The summed E-state index contributed by atoms with van der Waals surface area (Å²) < 4.78 is 5.68. The third kappa shape index (κ3) is 4.79. The van der Waals surface area contributed by atoms with Gasteiger partial charge in [0.05, 0.1) is 16.1 Å². The molecule has 0 aliphatic rings. The van der Waals surface area contributed by atoms with E-state index in [2.05, 4.69) is 15.3 Å². The summed E-state index contributed by atoms with van der Waals surface area (Å²) in [4.78, 5) is 20.5. The first-order chi connectivity index (χ1) is 14.8. The van der Waals surface area contributed by atoms with Gasteiger partial charge in [0, 0.05) is 21.3 Å². The molecule has 3 aromatic carbocycles. The molecule has 1 heterocycles. The van der Waals surface area contributed by atoms with Gasteiger partial charge in [0.1, 0.15) is 11.6 Å². The van der Waals surface area contributed by atoms with E-state index in [0.717, 1.165) is 22.2 Å². The van der Waals surface area contributed by atoms with Gasteiger partial charge in [-0.3, -0.25) is 4.79 Å². The molecule has 158 valence electrons. The number of H-pyrrole nitrogens is 1. The summed E-state index contributed by atoms with van der Waals surface area (Å²) in [6.07, 6.45) is -0.765. The fourth-order valence-electron chi connectivity index (χ4n) is 3.08. The molecule has 2 N–H and O–H groups in total. The van der Waals surface area contributed by atoms with Gasteiger partial charge >= 0.3 is 0 Å². The summed E-state index contributed by atoms with van der Waals surface area (Å²) in [5.41, 5.74) is 4.10. The van der Waals surface area contributed by atoms with Gasteiger partial charge in [0.2, 0.25) is 0 Å². The molecule has 0 fully saturated rings. The standard InChI is InChI=1S/C23H18Cl3N3O2/c1-12-8-19-20(11-17(12)25)29-22(28-19)14-4-3-5-16(9-14)27-23(30)13(2)31-21-7-6-15(24)10-18(21)26/h3-11,13H,1-2H3,(H,27,30)(H,28,29). The number of halogens is 3. The number of benzene rings is 3. The fraction of sp³-hybridized carbons (Fsp3) is 0.130. The first-order valence-corrected chi connectivity index (χ1v) is 10.6. The quantitative estimate of drug-likeness (QED) is 0.330. The summed E-state index contributed by atoms with van der Waals surface area (Å²) in [5.74, 6) is 0.763. The smallest absolute Gasteiger partial charge is 0.265 e. The van der Waals surface area contributed by atoms with Gasteiger partial charge in [-0.2, -0.15) is 0 Å². The highest BCUT2D eigenvalue weighted by Crippen LogP contribution is 2.29. The van der Waals surface area contributed by atoms with Crippen molar-refractivity contribution < 1.29 is 9.53 Å². The van der Waals surface area contributed by atoms with E-state index in [1.165, 1.54) is 0 Å². The van der Waals surface area contributed by atoms with Crippen LogP contribution in [0.3, 0.4) is 0 Å². The number of hydrogen-bond donors (Lipinski definition) is 2. The maximum absolute atomic E-state index is 12.6. The number of amides is 1. The van der Waals surface area contributed by atoms with Crippen LogP contribution in [0.5, 0.6) is 5.75 Å². The van der Waals surface area contributed by atoms with E-state index in [1.807, 2.05) is 37.3 Å². The Hall–Kier alpha value is -2.73. The van der Waals surface area contributed by atoms with Crippen molar-refractivity contribution in [2.75, 3.05) is 5.32 Å². The molecule has 0 spiro atoms. The van der Waals surface area contributed by atoms with Gasteiger partial charge in [-0.15, -0.1) is 0 Å². The predicted molar refractivity (Wildman–Crippen MR) is 126 cm³/mol. The van der Waals surface area contributed by atoms with Crippen LogP contribution in [0.25, 0.3) is 22.4 Å². The molecule has 1 unspecified atom stereocenters. The molecule has 0 saturated heterocycles. The maximum Gasteiger partial charge on any atom is 0.265 e. The SMILES string of the molecule is Cc1cc2[nH]c(-c3cccc(NC(=O)C(C)Oc4ccc(Cl)cc4Cl)c3)nc2cc1Cl. The second kappa shape index (κ2) is 8.79. The zero-order valence-electron chi connectivity index (χ0n) is 16.7. The molecule has 4 rings (SSSR count). The Kier molecular flexibility index (Phi) is 6.10. The molecule has 0 radical (unpaired) electrons. The first kappa shape index (κ1) is 21.5. The molecule has 0 aliphatic heterocycles. The summed E-state index contributed by atoms with van der Waals surface area (Å²) in [5, 5.41) is 4.36. The first-order valence-electron chi connectivity index (χ1n) is 9.49. The number of carbonyl (C=O) groups excluding carboxylic acids is 1. The lowest BCUT2D eigenvalue weighted by molar-refractivity contribution is -0.122. The monoisotopic (exact) mass is 473 g/mol. The molecule has 0 saturated carbocycles. The zero-order valence-corrected chi connectivity index (χ0v) is 18.9. The van der Waals surface area contributed by atoms with Gasteiger partial charge in [-0.25, -0.2) is 4.98 Å². The van der Waals surface area contributed by atoms with Crippen LogP contribution in [0, 0.1) is 6.92 Å².